The Morgan fingerprint density at radius 3 is 2.16 bits per heavy atom. The van der Waals surface area contributed by atoms with Crippen LogP contribution in [-0.2, 0) is 10.2 Å². The van der Waals surface area contributed by atoms with E-state index in [0.29, 0.717) is 0 Å². The van der Waals surface area contributed by atoms with Gasteiger partial charge in [0, 0.05) is 0 Å². The van der Waals surface area contributed by atoms with Crippen molar-refractivity contribution < 1.29 is 9.90 Å². The average Bonchev–Trinajstić information content (AvgIpc) is 2.39. The summed E-state index contributed by atoms with van der Waals surface area (Å²) in [5.74, 6) is -0.692. The standard InChI is InChI=1S/C17H16O2/c18-16(19)17(11-6-12-17)15-10-5-4-9-14(15)13-7-2-1-3-8-13/h1-5,7-10H,6,11-12H2,(H,18,19). The lowest BCUT2D eigenvalue weighted by Crippen LogP contribution is -2.42. The van der Waals surface area contributed by atoms with Gasteiger partial charge in [0.05, 0.1) is 5.41 Å². The Labute approximate surface area is 112 Å². The quantitative estimate of drug-likeness (QED) is 0.900. The first-order chi connectivity index (χ1) is 9.24. The third-order valence-electron chi connectivity index (χ3n) is 4.14. The molecular weight excluding hydrogens is 236 g/mol. The van der Waals surface area contributed by atoms with Gasteiger partial charge in [0.1, 0.15) is 0 Å². The van der Waals surface area contributed by atoms with Crippen molar-refractivity contribution in [3.63, 3.8) is 0 Å². The van der Waals surface area contributed by atoms with Crippen molar-refractivity contribution in [1.82, 2.24) is 0 Å². The number of carbonyl (C=O) groups is 1. The fourth-order valence-electron chi connectivity index (χ4n) is 2.90. The molecule has 1 aliphatic rings. The summed E-state index contributed by atoms with van der Waals surface area (Å²) in [6.45, 7) is 0. The molecule has 0 aromatic heterocycles. The zero-order valence-corrected chi connectivity index (χ0v) is 10.7. The molecular formula is C17H16O2. The first-order valence-corrected chi connectivity index (χ1v) is 6.62. The molecule has 0 atom stereocenters. The normalized spacial score (nSPS) is 16.6. The minimum atomic E-state index is -0.692. The predicted octanol–water partition coefficient (Wildman–Crippen LogP) is 3.86. The zero-order valence-electron chi connectivity index (χ0n) is 10.7. The van der Waals surface area contributed by atoms with Gasteiger partial charge in [0.25, 0.3) is 0 Å². The van der Waals surface area contributed by atoms with Crippen LogP contribution in [0.1, 0.15) is 24.8 Å². The van der Waals surface area contributed by atoms with E-state index in [1.807, 2.05) is 54.6 Å². The van der Waals surface area contributed by atoms with Gasteiger partial charge in [-0.15, -0.1) is 0 Å². The maximum absolute atomic E-state index is 11.7. The Balaban J connectivity index is 2.15. The van der Waals surface area contributed by atoms with Gasteiger partial charge in [0.2, 0.25) is 0 Å². The smallest absolute Gasteiger partial charge is 0.314 e. The molecule has 0 unspecified atom stereocenters. The second-order valence-electron chi connectivity index (χ2n) is 5.15. The molecule has 3 rings (SSSR count). The van der Waals surface area contributed by atoms with E-state index < -0.39 is 11.4 Å². The van der Waals surface area contributed by atoms with Crippen LogP contribution < -0.4 is 0 Å². The summed E-state index contributed by atoms with van der Waals surface area (Å²) >= 11 is 0. The molecule has 1 aliphatic carbocycles. The number of carboxylic acid groups (broad SMARTS) is 1. The first-order valence-electron chi connectivity index (χ1n) is 6.62. The number of aliphatic carboxylic acids is 1. The number of carboxylic acids is 1. The van der Waals surface area contributed by atoms with Gasteiger partial charge in [-0.2, -0.15) is 0 Å². The zero-order chi connectivity index (χ0) is 13.3. The van der Waals surface area contributed by atoms with Crippen LogP contribution in [0.4, 0.5) is 0 Å². The minimum absolute atomic E-state index is 0.674. The van der Waals surface area contributed by atoms with E-state index in [1.54, 1.807) is 0 Å². The van der Waals surface area contributed by atoms with Crippen molar-refractivity contribution >= 4 is 5.97 Å². The highest BCUT2D eigenvalue weighted by molar-refractivity contribution is 5.86. The lowest BCUT2D eigenvalue weighted by atomic mass is 9.63. The highest BCUT2D eigenvalue weighted by Crippen LogP contribution is 2.47. The van der Waals surface area contributed by atoms with E-state index in [0.717, 1.165) is 36.0 Å². The van der Waals surface area contributed by atoms with E-state index in [9.17, 15) is 9.90 Å². The molecule has 1 saturated carbocycles. The molecule has 19 heavy (non-hydrogen) atoms. The molecule has 1 fully saturated rings. The van der Waals surface area contributed by atoms with Crippen LogP contribution >= 0.6 is 0 Å². The van der Waals surface area contributed by atoms with Crippen LogP contribution in [0.15, 0.2) is 54.6 Å². The third-order valence-corrected chi connectivity index (χ3v) is 4.14. The van der Waals surface area contributed by atoms with Gasteiger partial charge >= 0.3 is 5.97 Å². The Kier molecular flexibility index (Phi) is 2.86. The highest BCUT2D eigenvalue weighted by Gasteiger charge is 2.47. The van der Waals surface area contributed by atoms with Crippen molar-refractivity contribution in [2.45, 2.75) is 24.7 Å². The fraction of sp³-hybridized carbons (Fsp3) is 0.235. The second-order valence-corrected chi connectivity index (χ2v) is 5.15. The fourth-order valence-corrected chi connectivity index (χ4v) is 2.90. The molecule has 96 valence electrons. The summed E-state index contributed by atoms with van der Waals surface area (Å²) in [7, 11) is 0. The maximum atomic E-state index is 11.7. The van der Waals surface area contributed by atoms with E-state index in [4.69, 9.17) is 0 Å². The van der Waals surface area contributed by atoms with Crippen LogP contribution in [0.5, 0.6) is 0 Å². The predicted molar refractivity (Wildman–Crippen MR) is 75.0 cm³/mol. The SMILES string of the molecule is O=C(O)C1(c2ccccc2-c2ccccc2)CCC1. The van der Waals surface area contributed by atoms with E-state index in [-0.39, 0.29) is 0 Å². The van der Waals surface area contributed by atoms with Crippen LogP contribution in [0, 0.1) is 0 Å². The Bertz CT molecular complexity index is 598. The molecule has 2 heteroatoms. The molecule has 0 amide bonds. The van der Waals surface area contributed by atoms with Gasteiger partial charge in [-0.25, -0.2) is 0 Å². The maximum Gasteiger partial charge on any atom is 0.314 e. The van der Waals surface area contributed by atoms with Crippen LogP contribution in [0.3, 0.4) is 0 Å². The molecule has 0 heterocycles. The van der Waals surface area contributed by atoms with Crippen molar-refractivity contribution in [1.29, 1.82) is 0 Å². The van der Waals surface area contributed by atoms with E-state index >= 15 is 0 Å². The van der Waals surface area contributed by atoms with Gasteiger partial charge < -0.3 is 5.11 Å². The lowest BCUT2D eigenvalue weighted by molar-refractivity contribution is -0.147. The minimum Gasteiger partial charge on any atom is -0.481 e. The van der Waals surface area contributed by atoms with Crippen molar-refractivity contribution in [3.8, 4) is 11.1 Å². The molecule has 0 spiro atoms. The molecule has 0 bridgehead atoms. The molecule has 0 saturated heterocycles. The van der Waals surface area contributed by atoms with Crippen LogP contribution in [-0.4, -0.2) is 11.1 Å². The molecule has 0 aliphatic heterocycles. The molecule has 2 aromatic rings. The number of rotatable bonds is 3. The van der Waals surface area contributed by atoms with Crippen molar-refractivity contribution in [2.24, 2.45) is 0 Å². The first kappa shape index (κ1) is 12.0. The van der Waals surface area contributed by atoms with E-state index in [2.05, 4.69) is 0 Å². The van der Waals surface area contributed by atoms with Gasteiger partial charge in [0.15, 0.2) is 0 Å². The molecule has 0 radical (unpaired) electrons. The summed E-state index contributed by atoms with van der Waals surface area (Å²) in [6.07, 6.45) is 2.48. The molecule has 2 aromatic carbocycles. The summed E-state index contributed by atoms with van der Waals surface area (Å²) in [4.78, 5) is 11.7. The average molecular weight is 252 g/mol. The highest BCUT2D eigenvalue weighted by atomic mass is 16.4. The van der Waals surface area contributed by atoms with Crippen LogP contribution in [0.2, 0.25) is 0 Å². The summed E-state index contributed by atoms with van der Waals surface area (Å²) in [5.41, 5.74) is 2.42. The van der Waals surface area contributed by atoms with Crippen molar-refractivity contribution in [2.75, 3.05) is 0 Å². The van der Waals surface area contributed by atoms with Gasteiger partial charge in [-0.1, -0.05) is 61.0 Å². The largest absolute Gasteiger partial charge is 0.481 e. The Hall–Kier alpha value is -2.09. The Morgan fingerprint density at radius 1 is 0.947 bits per heavy atom. The van der Waals surface area contributed by atoms with Gasteiger partial charge in [-0.3, -0.25) is 4.79 Å². The summed E-state index contributed by atoms with van der Waals surface area (Å²) < 4.78 is 0. The molecule has 1 N–H and O–H groups in total. The van der Waals surface area contributed by atoms with Gasteiger partial charge in [-0.05, 0) is 29.5 Å². The van der Waals surface area contributed by atoms with Crippen molar-refractivity contribution in [3.05, 3.63) is 60.2 Å². The second kappa shape index (κ2) is 4.54. The topological polar surface area (TPSA) is 37.3 Å². The van der Waals surface area contributed by atoms with E-state index in [1.165, 1.54) is 0 Å². The molecule has 2 nitrogen and oxygen atoms in total. The Morgan fingerprint density at radius 2 is 1.58 bits per heavy atom. The monoisotopic (exact) mass is 252 g/mol. The third kappa shape index (κ3) is 1.84. The lowest BCUT2D eigenvalue weighted by Gasteiger charge is -2.39. The number of hydrogen-bond donors (Lipinski definition) is 1. The summed E-state index contributed by atoms with van der Waals surface area (Å²) in [6, 6.07) is 17.9. The van der Waals surface area contributed by atoms with Crippen LogP contribution in [0.25, 0.3) is 11.1 Å². The number of benzene rings is 2. The summed E-state index contributed by atoms with van der Waals surface area (Å²) in [5, 5.41) is 9.61. The number of hydrogen-bond acceptors (Lipinski definition) is 1.